The molecule has 3 amide bonds. The third-order valence-corrected chi connectivity index (χ3v) is 6.60. The maximum absolute atomic E-state index is 12.4. The van der Waals surface area contributed by atoms with E-state index in [0.29, 0.717) is 12.8 Å². The van der Waals surface area contributed by atoms with Crippen LogP contribution >= 0.6 is 11.3 Å². The highest BCUT2D eigenvalue weighted by Crippen LogP contribution is 2.35. The van der Waals surface area contributed by atoms with E-state index in [4.69, 9.17) is 9.47 Å². The molecule has 33 heavy (non-hydrogen) atoms. The highest BCUT2D eigenvalue weighted by atomic mass is 32.1. The van der Waals surface area contributed by atoms with E-state index in [1.165, 1.54) is 14.0 Å². The molecule has 2 aliphatic rings. The molecule has 0 bridgehead atoms. The Morgan fingerprint density at radius 1 is 1.03 bits per heavy atom. The number of anilines is 1. The van der Waals surface area contributed by atoms with E-state index < -0.39 is 60.6 Å². The molecule has 3 rings (SSSR count). The number of nitrogens with zero attached hydrogens (tertiary/aromatic N) is 1. The van der Waals surface area contributed by atoms with Crippen molar-refractivity contribution in [1.29, 1.82) is 0 Å². The number of esters is 3. The lowest BCUT2D eigenvalue weighted by atomic mass is 9.85. The van der Waals surface area contributed by atoms with Crippen LogP contribution in [0.25, 0.3) is 0 Å². The molecule has 0 aromatic carbocycles. The highest BCUT2D eigenvalue weighted by Gasteiger charge is 2.47. The van der Waals surface area contributed by atoms with E-state index in [2.05, 4.69) is 10.1 Å². The first-order chi connectivity index (χ1) is 15.7. The number of ether oxygens (including phenoxy) is 3. The second kappa shape index (κ2) is 9.94. The predicted molar refractivity (Wildman–Crippen MR) is 113 cm³/mol. The third-order valence-electron chi connectivity index (χ3n) is 5.41. The average molecular weight is 478 g/mol. The Morgan fingerprint density at radius 2 is 1.61 bits per heavy atom. The summed E-state index contributed by atoms with van der Waals surface area (Å²) in [7, 11) is 2.33. The van der Waals surface area contributed by atoms with Gasteiger partial charge in [-0.3, -0.25) is 24.1 Å². The number of rotatable bonds is 7. The number of carbonyl (C=O) groups excluding carboxylic acids is 6. The van der Waals surface area contributed by atoms with Gasteiger partial charge >= 0.3 is 17.9 Å². The first-order valence-corrected chi connectivity index (χ1v) is 10.8. The van der Waals surface area contributed by atoms with Gasteiger partial charge in [0.2, 0.25) is 11.8 Å². The van der Waals surface area contributed by atoms with Crippen molar-refractivity contribution in [1.82, 2.24) is 4.90 Å². The maximum Gasteiger partial charge on any atom is 0.348 e. The average Bonchev–Trinajstić information content (AvgIpc) is 3.25. The minimum atomic E-state index is -0.927. The minimum absolute atomic E-state index is 0.0212. The number of methoxy groups -OCH3 is 2. The van der Waals surface area contributed by atoms with Crippen molar-refractivity contribution in [2.45, 2.75) is 19.8 Å². The van der Waals surface area contributed by atoms with Crippen LogP contribution in [0.5, 0.6) is 0 Å². The van der Waals surface area contributed by atoms with E-state index in [-0.39, 0.29) is 21.0 Å². The largest absolute Gasteiger partial charge is 0.465 e. The summed E-state index contributed by atoms with van der Waals surface area (Å²) in [6, 6.07) is 0. The Morgan fingerprint density at radius 3 is 2.15 bits per heavy atom. The van der Waals surface area contributed by atoms with Crippen molar-refractivity contribution in [2.24, 2.45) is 11.8 Å². The zero-order chi connectivity index (χ0) is 24.3. The van der Waals surface area contributed by atoms with Crippen molar-refractivity contribution in [3.8, 4) is 0 Å². The standard InChI is InChI=1S/C21H22N2O9S/c1-10-15(20(28)30-2)17(33-16(10)21(29)31-3)22-13(24)9-32-14(25)8-23-18(26)11-6-4-5-7-12(11)19(23)27/h4-5,11-12H,6-9H2,1-3H3,(H,22,24)/t11-,12+. The molecule has 176 valence electrons. The molecule has 1 aromatic heterocycles. The summed E-state index contributed by atoms with van der Waals surface area (Å²) in [5, 5.41) is 2.44. The fourth-order valence-electron chi connectivity index (χ4n) is 3.75. The van der Waals surface area contributed by atoms with Gasteiger partial charge in [0.25, 0.3) is 5.91 Å². The summed E-state index contributed by atoms with van der Waals surface area (Å²) < 4.78 is 14.3. The molecule has 2 atom stereocenters. The van der Waals surface area contributed by atoms with E-state index >= 15 is 0 Å². The van der Waals surface area contributed by atoms with Crippen molar-refractivity contribution in [3.05, 3.63) is 28.2 Å². The van der Waals surface area contributed by atoms with Crippen LogP contribution in [-0.4, -0.2) is 67.9 Å². The molecular formula is C21H22N2O9S. The van der Waals surface area contributed by atoms with Crippen LogP contribution in [0.1, 0.15) is 38.4 Å². The van der Waals surface area contributed by atoms with E-state index in [9.17, 15) is 28.8 Å². The molecule has 1 aliphatic carbocycles. The fraction of sp³-hybridized carbons (Fsp3) is 0.429. The molecule has 0 spiro atoms. The molecule has 0 unspecified atom stereocenters. The normalized spacial score (nSPS) is 19.2. The van der Waals surface area contributed by atoms with Crippen LogP contribution in [0.3, 0.4) is 0 Å². The van der Waals surface area contributed by atoms with Crippen molar-refractivity contribution < 1.29 is 43.0 Å². The number of fused-ring (bicyclic) bond motifs is 1. The lowest BCUT2D eigenvalue weighted by Crippen LogP contribution is -2.37. The van der Waals surface area contributed by atoms with Crippen molar-refractivity contribution in [2.75, 3.05) is 32.7 Å². The Balaban J connectivity index is 1.61. The number of hydrogen-bond donors (Lipinski definition) is 1. The molecule has 1 fully saturated rings. The Kier molecular flexibility index (Phi) is 7.26. The first-order valence-electron chi connectivity index (χ1n) is 9.95. The SMILES string of the molecule is COC(=O)c1sc(NC(=O)COC(=O)CN2C(=O)[C@H]3CC=CC[C@H]3C2=O)c(C(=O)OC)c1C. The zero-order valence-electron chi connectivity index (χ0n) is 18.2. The van der Waals surface area contributed by atoms with Crippen molar-refractivity contribution in [3.63, 3.8) is 0 Å². The van der Waals surface area contributed by atoms with Gasteiger partial charge in [-0.15, -0.1) is 11.3 Å². The molecule has 2 heterocycles. The summed E-state index contributed by atoms with van der Waals surface area (Å²) in [5.74, 6) is -4.97. The summed E-state index contributed by atoms with van der Waals surface area (Å²) in [5.41, 5.74) is 0.250. The number of hydrogen-bond acceptors (Lipinski definition) is 10. The molecule has 12 heteroatoms. The lowest BCUT2D eigenvalue weighted by molar-refractivity contribution is -0.154. The molecule has 11 nitrogen and oxygen atoms in total. The molecule has 0 radical (unpaired) electrons. The number of likely N-dealkylation sites (tertiary alicyclic amines) is 1. The van der Waals surface area contributed by atoms with Crippen molar-refractivity contribution >= 4 is 52.0 Å². The topological polar surface area (TPSA) is 145 Å². The quantitative estimate of drug-likeness (QED) is 0.263. The van der Waals surface area contributed by atoms with Gasteiger partial charge in [-0.2, -0.15) is 0 Å². The van der Waals surface area contributed by atoms with Gasteiger partial charge in [0.15, 0.2) is 6.61 Å². The van der Waals surface area contributed by atoms with E-state index in [1.54, 1.807) is 0 Å². The Hall–Kier alpha value is -3.54. The Bertz CT molecular complexity index is 1030. The summed E-state index contributed by atoms with van der Waals surface area (Å²) in [6.45, 7) is 0.187. The van der Waals surface area contributed by atoms with Gasteiger partial charge in [0.1, 0.15) is 16.4 Å². The maximum atomic E-state index is 12.4. The van der Waals surface area contributed by atoms with Crippen LogP contribution in [-0.2, 0) is 33.4 Å². The molecular weight excluding hydrogens is 456 g/mol. The van der Waals surface area contributed by atoms with Crippen LogP contribution < -0.4 is 5.32 Å². The fourth-order valence-corrected chi connectivity index (χ4v) is 4.87. The predicted octanol–water partition coefficient (Wildman–Crippen LogP) is 1.06. The Labute approximate surface area is 192 Å². The van der Waals surface area contributed by atoms with E-state index in [0.717, 1.165) is 23.3 Å². The first kappa shape index (κ1) is 24.1. The molecule has 1 saturated heterocycles. The van der Waals surface area contributed by atoms with E-state index in [1.807, 2.05) is 12.2 Å². The summed E-state index contributed by atoms with van der Waals surface area (Å²) >= 11 is 0.812. The molecule has 1 aromatic rings. The number of thiophene rings is 1. The number of amides is 3. The van der Waals surface area contributed by atoms with Crippen LogP contribution in [0.4, 0.5) is 5.00 Å². The van der Waals surface area contributed by atoms with Gasteiger partial charge in [-0.05, 0) is 25.3 Å². The zero-order valence-corrected chi connectivity index (χ0v) is 19.0. The van der Waals surface area contributed by atoms with Crippen LogP contribution in [0.15, 0.2) is 12.2 Å². The second-order valence-electron chi connectivity index (χ2n) is 7.37. The summed E-state index contributed by atoms with van der Waals surface area (Å²) in [6.07, 6.45) is 4.55. The van der Waals surface area contributed by atoms with Gasteiger partial charge in [0.05, 0.1) is 31.6 Å². The van der Waals surface area contributed by atoms with Gasteiger partial charge in [-0.1, -0.05) is 12.2 Å². The van der Waals surface area contributed by atoms with Crippen LogP contribution in [0.2, 0.25) is 0 Å². The lowest BCUT2D eigenvalue weighted by Gasteiger charge is -2.14. The molecule has 0 saturated carbocycles. The molecule has 1 aliphatic heterocycles. The number of allylic oxidation sites excluding steroid dienone is 2. The highest BCUT2D eigenvalue weighted by molar-refractivity contribution is 7.18. The summed E-state index contributed by atoms with van der Waals surface area (Å²) in [4.78, 5) is 74.3. The number of imide groups is 1. The van der Waals surface area contributed by atoms with Gasteiger partial charge in [-0.25, -0.2) is 9.59 Å². The van der Waals surface area contributed by atoms with Gasteiger partial charge < -0.3 is 19.5 Å². The van der Waals surface area contributed by atoms with Crippen LogP contribution in [0, 0.1) is 18.8 Å². The minimum Gasteiger partial charge on any atom is -0.465 e. The monoisotopic (exact) mass is 478 g/mol. The van der Waals surface area contributed by atoms with Gasteiger partial charge in [0, 0.05) is 0 Å². The third kappa shape index (κ3) is 4.80. The molecule has 1 N–H and O–H groups in total. The number of nitrogens with one attached hydrogen (secondary N) is 1. The number of carbonyl (C=O) groups is 6. The second-order valence-corrected chi connectivity index (χ2v) is 8.39. The smallest absolute Gasteiger partial charge is 0.348 e.